The molecule has 148 valence electrons. The van der Waals surface area contributed by atoms with E-state index in [1.807, 2.05) is 49.4 Å². The van der Waals surface area contributed by atoms with Crippen molar-refractivity contribution in [3.63, 3.8) is 0 Å². The molecule has 0 radical (unpaired) electrons. The minimum Gasteiger partial charge on any atom is -0.489 e. The number of aryl methyl sites for hydroxylation is 1. The van der Waals surface area contributed by atoms with Crippen molar-refractivity contribution in [3.05, 3.63) is 87.7 Å². The zero-order chi connectivity index (χ0) is 20.6. The van der Waals surface area contributed by atoms with Crippen LogP contribution in [-0.4, -0.2) is 26.8 Å². The molecule has 1 heterocycles. The molecular weight excluding hydrogens is 374 g/mol. The second-order valence-corrected chi connectivity index (χ2v) is 6.29. The topological polar surface area (TPSA) is 112 Å². The lowest BCUT2D eigenvalue weighted by atomic mass is 10.2. The summed E-state index contributed by atoms with van der Waals surface area (Å²) in [5, 5.41) is 18.3. The third-order valence-electron chi connectivity index (χ3n) is 3.92. The zero-order valence-electron chi connectivity index (χ0n) is 15.7. The number of nitro groups is 1. The number of ether oxygens (including phenoxy) is 1. The fourth-order valence-electron chi connectivity index (χ4n) is 2.43. The Morgan fingerprint density at radius 1 is 1.31 bits per heavy atom. The Morgan fingerprint density at radius 3 is 2.83 bits per heavy atom. The molecule has 29 heavy (non-hydrogen) atoms. The van der Waals surface area contributed by atoms with Crippen molar-refractivity contribution in [1.29, 1.82) is 0 Å². The van der Waals surface area contributed by atoms with Crippen LogP contribution in [0.15, 0.2) is 66.0 Å². The number of rotatable bonds is 8. The van der Waals surface area contributed by atoms with E-state index in [9.17, 15) is 14.9 Å². The van der Waals surface area contributed by atoms with Gasteiger partial charge in [0.25, 0.3) is 5.91 Å². The lowest BCUT2D eigenvalue weighted by Gasteiger charge is -2.07. The predicted octanol–water partition coefficient (Wildman–Crippen LogP) is 2.83. The minimum atomic E-state index is -0.576. The Hall–Kier alpha value is -4.01. The predicted molar refractivity (Wildman–Crippen MR) is 107 cm³/mol. The van der Waals surface area contributed by atoms with E-state index in [1.54, 1.807) is 6.07 Å². The normalized spacial score (nSPS) is 10.8. The van der Waals surface area contributed by atoms with E-state index in [0.29, 0.717) is 12.4 Å². The summed E-state index contributed by atoms with van der Waals surface area (Å²) < 4.78 is 6.95. The first-order valence-corrected chi connectivity index (χ1v) is 8.77. The van der Waals surface area contributed by atoms with Gasteiger partial charge in [-0.2, -0.15) is 10.2 Å². The van der Waals surface area contributed by atoms with Gasteiger partial charge in [0.1, 0.15) is 31.3 Å². The first-order chi connectivity index (χ1) is 14.0. The molecule has 0 bridgehead atoms. The van der Waals surface area contributed by atoms with Gasteiger partial charge in [0.15, 0.2) is 0 Å². The first kappa shape index (κ1) is 19.7. The number of hydrogen-bond donors (Lipinski definition) is 1. The van der Waals surface area contributed by atoms with Crippen LogP contribution in [0.4, 0.5) is 5.69 Å². The molecule has 0 saturated heterocycles. The minimum absolute atomic E-state index is 0.176. The van der Waals surface area contributed by atoms with E-state index in [2.05, 4.69) is 15.6 Å². The number of carbonyl (C=O) groups excluding carboxylic acids is 1. The number of benzene rings is 2. The SMILES string of the molecule is Cc1ccc(COc2cccc(C=NNC(=O)Cn3cc([N+](=O)[O-])cn3)c2)cc1. The standard InChI is InChI=1S/C20H19N5O4/c1-15-5-7-16(8-6-15)14-29-19-4-2-3-17(9-19)10-21-23-20(26)13-24-12-18(11-22-24)25(27)28/h2-12H,13-14H2,1H3,(H,23,26). The third-order valence-corrected chi connectivity index (χ3v) is 3.92. The summed E-state index contributed by atoms with van der Waals surface area (Å²) in [6, 6.07) is 15.4. The number of carbonyl (C=O) groups is 1. The molecule has 1 amide bonds. The Kier molecular flexibility index (Phi) is 6.31. The quantitative estimate of drug-likeness (QED) is 0.359. The van der Waals surface area contributed by atoms with Gasteiger partial charge in [-0.25, -0.2) is 5.43 Å². The Balaban J connectivity index is 1.50. The molecule has 0 spiro atoms. The summed E-state index contributed by atoms with van der Waals surface area (Å²) in [5.41, 5.74) is 5.20. The van der Waals surface area contributed by atoms with E-state index in [1.165, 1.54) is 22.7 Å². The highest BCUT2D eigenvalue weighted by molar-refractivity contribution is 5.82. The van der Waals surface area contributed by atoms with Crippen LogP contribution in [0, 0.1) is 17.0 Å². The molecular formula is C20H19N5O4. The van der Waals surface area contributed by atoms with Gasteiger partial charge >= 0.3 is 5.69 Å². The molecule has 0 saturated carbocycles. The molecule has 9 nitrogen and oxygen atoms in total. The maximum atomic E-state index is 11.9. The molecule has 0 atom stereocenters. The number of nitrogens with one attached hydrogen (secondary N) is 1. The smallest absolute Gasteiger partial charge is 0.307 e. The zero-order valence-corrected chi connectivity index (χ0v) is 15.7. The van der Waals surface area contributed by atoms with Crippen molar-refractivity contribution < 1.29 is 14.5 Å². The Morgan fingerprint density at radius 2 is 2.10 bits per heavy atom. The maximum Gasteiger partial charge on any atom is 0.307 e. The Bertz CT molecular complexity index is 1030. The molecule has 0 aliphatic heterocycles. The van der Waals surface area contributed by atoms with Crippen molar-refractivity contribution in [2.24, 2.45) is 5.10 Å². The van der Waals surface area contributed by atoms with Crippen LogP contribution < -0.4 is 10.2 Å². The summed E-state index contributed by atoms with van der Waals surface area (Å²) in [6.07, 6.45) is 3.75. The fourth-order valence-corrected chi connectivity index (χ4v) is 2.43. The van der Waals surface area contributed by atoms with Gasteiger partial charge in [-0.15, -0.1) is 0 Å². The second kappa shape index (κ2) is 9.27. The van der Waals surface area contributed by atoms with Crippen LogP contribution in [0.2, 0.25) is 0 Å². The molecule has 0 fully saturated rings. The van der Waals surface area contributed by atoms with Gasteiger partial charge in [0, 0.05) is 0 Å². The molecule has 3 aromatic rings. The van der Waals surface area contributed by atoms with Gasteiger partial charge in [0.2, 0.25) is 0 Å². The Labute approximate surface area is 166 Å². The molecule has 0 unspecified atom stereocenters. The molecule has 1 aromatic heterocycles. The van der Waals surface area contributed by atoms with Gasteiger partial charge < -0.3 is 4.74 Å². The molecule has 1 N–H and O–H groups in total. The monoisotopic (exact) mass is 393 g/mol. The van der Waals surface area contributed by atoms with E-state index in [-0.39, 0.29) is 12.2 Å². The molecule has 3 rings (SSSR count). The maximum absolute atomic E-state index is 11.9. The number of nitrogens with zero attached hydrogens (tertiary/aromatic N) is 4. The van der Waals surface area contributed by atoms with E-state index >= 15 is 0 Å². The molecule has 9 heteroatoms. The molecule has 2 aromatic carbocycles. The van der Waals surface area contributed by atoms with E-state index < -0.39 is 10.8 Å². The van der Waals surface area contributed by atoms with Gasteiger partial charge in [-0.1, -0.05) is 42.0 Å². The summed E-state index contributed by atoms with van der Waals surface area (Å²) >= 11 is 0. The second-order valence-electron chi connectivity index (χ2n) is 6.29. The van der Waals surface area contributed by atoms with Crippen molar-refractivity contribution >= 4 is 17.8 Å². The highest BCUT2D eigenvalue weighted by atomic mass is 16.6. The van der Waals surface area contributed by atoms with Crippen molar-refractivity contribution in [2.75, 3.05) is 0 Å². The number of aromatic nitrogens is 2. The third kappa shape index (κ3) is 5.99. The van der Waals surface area contributed by atoms with Crippen LogP contribution in [0.5, 0.6) is 5.75 Å². The number of amides is 1. The lowest BCUT2D eigenvalue weighted by Crippen LogP contribution is -2.23. The van der Waals surface area contributed by atoms with Gasteiger partial charge in [-0.3, -0.25) is 19.6 Å². The average molecular weight is 393 g/mol. The van der Waals surface area contributed by atoms with Crippen molar-refractivity contribution in [1.82, 2.24) is 15.2 Å². The summed E-state index contributed by atoms with van der Waals surface area (Å²) in [5.74, 6) is 0.232. The van der Waals surface area contributed by atoms with Crippen LogP contribution in [0.3, 0.4) is 0 Å². The van der Waals surface area contributed by atoms with Crippen molar-refractivity contribution in [3.8, 4) is 5.75 Å². The average Bonchev–Trinajstić information content (AvgIpc) is 3.17. The van der Waals surface area contributed by atoms with Crippen molar-refractivity contribution in [2.45, 2.75) is 20.1 Å². The van der Waals surface area contributed by atoms with Crippen LogP contribution in [0.25, 0.3) is 0 Å². The van der Waals surface area contributed by atoms with Crippen LogP contribution in [0.1, 0.15) is 16.7 Å². The highest BCUT2D eigenvalue weighted by Gasteiger charge is 2.10. The summed E-state index contributed by atoms with van der Waals surface area (Å²) in [4.78, 5) is 21.9. The fraction of sp³-hybridized carbons (Fsp3) is 0.150. The largest absolute Gasteiger partial charge is 0.489 e. The highest BCUT2D eigenvalue weighted by Crippen LogP contribution is 2.14. The summed E-state index contributed by atoms with van der Waals surface area (Å²) in [6.45, 7) is 2.31. The molecule has 0 aliphatic carbocycles. The van der Waals surface area contributed by atoms with E-state index in [0.717, 1.165) is 17.3 Å². The first-order valence-electron chi connectivity index (χ1n) is 8.77. The summed E-state index contributed by atoms with van der Waals surface area (Å²) in [7, 11) is 0. The van der Waals surface area contributed by atoms with Gasteiger partial charge in [-0.05, 0) is 30.2 Å². The number of hydrogen-bond acceptors (Lipinski definition) is 6. The van der Waals surface area contributed by atoms with Gasteiger partial charge in [0.05, 0.1) is 11.1 Å². The lowest BCUT2D eigenvalue weighted by molar-refractivity contribution is -0.385. The number of hydrazone groups is 1. The van der Waals surface area contributed by atoms with E-state index in [4.69, 9.17) is 4.74 Å². The molecule has 0 aliphatic rings. The van der Waals surface area contributed by atoms with Crippen LogP contribution >= 0.6 is 0 Å². The van der Waals surface area contributed by atoms with Crippen LogP contribution in [-0.2, 0) is 17.9 Å².